The molecule has 1 aliphatic carbocycles. The largest absolute Gasteiger partial charge is 0.338 e. The van der Waals surface area contributed by atoms with Gasteiger partial charge in [0.25, 0.3) is 0 Å². The average molecular weight is 221 g/mol. The van der Waals surface area contributed by atoms with Crippen molar-refractivity contribution in [1.29, 1.82) is 0 Å². The molecule has 0 saturated heterocycles. The first-order valence-electron chi connectivity index (χ1n) is 6.47. The molecule has 2 rings (SSSR count). The molecule has 3 nitrogen and oxygen atoms in total. The van der Waals surface area contributed by atoms with Crippen LogP contribution in [0.4, 0.5) is 0 Å². The lowest BCUT2D eigenvalue weighted by atomic mass is 9.86. The maximum absolute atomic E-state index is 4.34. The fourth-order valence-electron chi connectivity index (χ4n) is 2.63. The van der Waals surface area contributed by atoms with E-state index in [1.165, 1.54) is 31.5 Å². The van der Waals surface area contributed by atoms with Gasteiger partial charge >= 0.3 is 0 Å². The first-order chi connectivity index (χ1) is 7.77. The minimum atomic E-state index is 0.731. The molecule has 0 aromatic carbocycles. The predicted molar refractivity (Wildman–Crippen MR) is 66.3 cm³/mol. The van der Waals surface area contributed by atoms with Gasteiger partial charge in [-0.1, -0.05) is 19.8 Å². The molecule has 90 valence electrons. The Balaban J connectivity index is 1.73. The third-order valence-corrected chi connectivity index (χ3v) is 3.79. The van der Waals surface area contributed by atoms with Gasteiger partial charge < -0.3 is 9.88 Å². The number of aromatic nitrogens is 2. The van der Waals surface area contributed by atoms with Crippen molar-refractivity contribution < 1.29 is 0 Å². The molecule has 0 bridgehead atoms. The van der Waals surface area contributed by atoms with E-state index < -0.39 is 0 Å². The van der Waals surface area contributed by atoms with Crippen molar-refractivity contribution in [3.05, 3.63) is 18.2 Å². The van der Waals surface area contributed by atoms with E-state index >= 15 is 0 Å². The van der Waals surface area contributed by atoms with Gasteiger partial charge in [0.2, 0.25) is 0 Å². The fourth-order valence-corrected chi connectivity index (χ4v) is 2.63. The van der Waals surface area contributed by atoms with E-state index in [-0.39, 0.29) is 0 Å². The minimum Gasteiger partial charge on any atom is -0.338 e. The number of nitrogens with zero attached hydrogens (tertiary/aromatic N) is 2. The lowest BCUT2D eigenvalue weighted by molar-refractivity contribution is 0.281. The Morgan fingerprint density at radius 2 is 2.25 bits per heavy atom. The van der Waals surface area contributed by atoms with Crippen LogP contribution in [0.15, 0.2) is 12.4 Å². The molecule has 0 spiro atoms. The van der Waals surface area contributed by atoms with Crippen LogP contribution in [0.5, 0.6) is 0 Å². The van der Waals surface area contributed by atoms with Crippen LogP contribution in [0.1, 0.15) is 38.4 Å². The fraction of sp³-hybridized carbons (Fsp3) is 0.769. The Labute approximate surface area is 98.3 Å². The molecule has 16 heavy (non-hydrogen) atoms. The van der Waals surface area contributed by atoms with Crippen molar-refractivity contribution in [3.8, 4) is 0 Å². The summed E-state index contributed by atoms with van der Waals surface area (Å²) in [5.74, 6) is 2.02. The smallest absolute Gasteiger partial charge is 0.109 e. The zero-order valence-corrected chi connectivity index (χ0v) is 10.4. The van der Waals surface area contributed by atoms with Crippen LogP contribution in [0, 0.1) is 5.92 Å². The van der Waals surface area contributed by atoms with E-state index in [9.17, 15) is 0 Å². The first kappa shape index (κ1) is 11.6. The van der Waals surface area contributed by atoms with Crippen molar-refractivity contribution in [1.82, 2.24) is 14.9 Å². The molecule has 2 atom stereocenters. The highest BCUT2D eigenvalue weighted by Gasteiger charge is 2.20. The molecule has 0 amide bonds. The van der Waals surface area contributed by atoms with Crippen LogP contribution in [0.3, 0.4) is 0 Å². The SMILES string of the molecule is CC1CCCCC1NCCc1nccn1C. The molecule has 1 saturated carbocycles. The standard InChI is InChI=1S/C13H23N3/c1-11-5-3-4-6-12(11)14-8-7-13-15-9-10-16(13)2/h9-12,14H,3-8H2,1-2H3. The summed E-state index contributed by atoms with van der Waals surface area (Å²) in [6.45, 7) is 3.43. The second-order valence-corrected chi connectivity index (χ2v) is 5.03. The summed E-state index contributed by atoms with van der Waals surface area (Å²) < 4.78 is 2.10. The Hall–Kier alpha value is -0.830. The van der Waals surface area contributed by atoms with Gasteiger partial charge in [0.15, 0.2) is 0 Å². The number of hydrogen-bond donors (Lipinski definition) is 1. The predicted octanol–water partition coefficient (Wildman–Crippen LogP) is 2.13. The molecule has 2 unspecified atom stereocenters. The van der Waals surface area contributed by atoms with Gasteiger partial charge in [-0.2, -0.15) is 0 Å². The molecule has 1 aliphatic rings. The summed E-state index contributed by atoms with van der Waals surface area (Å²) in [6.07, 6.45) is 10.5. The summed E-state index contributed by atoms with van der Waals surface area (Å²) >= 11 is 0. The van der Waals surface area contributed by atoms with Crippen molar-refractivity contribution in [3.63, 3.8) is 0 Å². The first-order valence-corrected chi connectivity index (χ1v) is 6.47. The minimum absolute atomic E-state index is 0.731. The second-order valence-electron chi connectivity index (χ2n) is 5.03. The van der Waals surface area contributed by atoms with Crippen molar-refractivity contribution in [2.45, 2.75) is 45.1 Å². The summed E-state index contributed by atoms with van der Waals surface area (Å²) in [5, 5.41) is 3.68. The van der Waals surface area contributed by atoms with Gasteiger partial charge in [-0.05, 0) is 18.8 Å². The molecule has 1 aromatic heterocycles. The van der Waals surface area contributed by atoms with Gasteiger partial charge in [-0.3, -0.25) is 0 Å². The molecule has 1 aromatic rings. The monoisotopic (exact) mass is 221 g/mol. The van der Waals surface area contributed by atoms with Gasteiger partial charge in [-0.25, -0.2) is 4.98 Å². The summed E-state index contributed by atoms with van der Waals surface area (Å²) in [5.41, 5.74) is 0. The zero-order valence-electron chi connectivity index (χ0n) is 10.4. The molecule has 1 fully saturated rings. The third kappa shape index (κ3) is 2.85. The van der Waals surface area contributed by atoms with Gasteiger partial charge in [0.1, 0.15) is 5.82 Å². The van der Waals surface area contributed by atoms with Gasteiger partial charge in [0, 0.05) is 38.4 Å². The number of nitrogens with one attached hydrogen (secondary N) is 1. The maximum Gasteiger partial charge on any atom is 0.109 e. The van der Waals surface area contributed by atoms with Crippen molar-refractivity contribution >= 4 is 0 Å². The Kier molecular flexibility index (Phi) is 3.99. The van der Waals surface area contributed by atoms with Gasteiger partial charge in [-0.15, -0.1) is 0 Å². The van der Waals surface area contributed by atoms with Crippen LogP contribution in [0.25, 0.3) is 0 Å². The zero-order chi connectivity index (χ0) is 11.4. The van der Waals surface area contributed by atoms with Crippen LogP contribution >= 0.6 is 0 Å². The molecule has 1 heterocycles. The quantitative estimate of drug-likeness (QED) is 0.844. The van der Waals surface area contributed by atoms with Crippen molar-refractivity contribution in [2.24, 2.45) is 13.0 Å². The topological polar surface area (TPSA) is 29.9 Å². The van der Waals surface area contributed by atoms with Crippen LogP contribution in [0.2, 0.25) is 0 Å². The van der Waals surface area contributed by atoms with Crippen molar-refractivity contribution in [2.75, 3.05) is 6.54 Å². The highest BCUT2D eigenvalue weighted by Crippen LogP contribution is 2.23. The van der Waals surface area contributed by atoms with Crippen LogP contribution < -0.4 is 5.32 Å². The second kappa shape index (κ2) is 5.48. The lowest BCUT2D eigenvalue weighted by Crippen LogP contribution is -2.38. The Morgan fingerprint density at radius 1 is 1.44 bits per heavy atom. The maximum atomic E-state index is 4.34. The molecular weight excluding hydrogens is 198 g/mol. The van der Waals surface area contributed by atoms with E-state index in [2.05, 4.69) is 28.8 Å². The van der Waals surface area contributed by atoms with E-state index in [0.29, 0.717) is 0 Å². The van der Waals surface area contributed by atoms with E-state index in [4.69, 9.17) is 0 Å². The normalized spacial score (nSPS) is 25.9. The van der Waals surface area contributed by atoms with Gasteiger partial charge in [0.05, 0.1) is 0 Å². The van der Waals surface area contributed by atoms with E-state index in [1.807, 2.05) is 12.4 Å². The summed E-state index contributed by atoms with van der Waals surface area (Å²) in [4.78, 5) is 4.34. The van der Waals surface area contributed by atoms with Crippen LogP contribution in [-0.4, -0.2) is 22.1 Å². The Morgan fingerprint density at radius 3 is 2.94 bits per heavy atom. The molecule has 1 N–H and O–H groups in total. The molecule has 3 heteroatoms. The third-order valence-electron chi connectivity index (χ3n) is 3.79. The number of aryl methyl sites for hydroxylation is 1. The highest BCUT2D eigenvalue weighted by molar-refractivity contribution is 4.92. The van der Waals surface area contributed by atoms with E-state index in [1.54, 1.807) is 0 Å². The number of imidazole rings is 1. The average Bonchev–Trinajstić information content (AvgIpc) is 2.67. The molecule has 0 radical (unpaired) electrons. The lowest BCUT2D eigenvalue weighted by Gasteiger charge is -2.29. The number of rotatable bonds is 4. The number of hydrogen-bond acceptors (Lipinski definition) is 2. The van der Waals surface area contributed by atoms with Crippen LogP contribution in [-0.2, 0) is 13.5 Å². The van der Waals surface area contributed by atoms with E-state index in [0.717, 1.165) is 24.9 Å². The Bertz CT molecular complexity index is 319. The molecular formula is C13H23N3. The summed E-state index contributed by atoms with van der Waals surface area (Å²) in [7, 11) is 2.06. The molecule has 0 aliphatic heterocycles. The highest BCUT2D eigenvalue weighted by atomic mass is 15.0. The summed E-state index contributed by atoms with van der Waals surface area (Å²) in [6, 6.07) is 0.731.